The monoisotopic (exact) mass is 367 g/mol. The van der Waals surface area contributed by atoms with Crippen LogP contribution in [0.15, 0.2) is 42.5 Å². The van der Waals surface area contributed by atoms with Gasteiger partial charge in [0.2, 0.25) is 0 Å². The van der Waals surface area contributed by atoms with Crippen molar-refractivity contribution in [3.05, 3.63) is 63.7 Å². The van der Waals surface area contributed by atoms with Crippen LogP contribution in [-0.2, 0) is 9.31 Å². The summed E-state index contributed by atoms with van der Waals surface area (Å²) in [5.41, 5.74) is 1.35. The lowest BCUT2D eigenvalue weighted by atomic mass is 9.79. The van der Waals surface area contributed by atoms with E-state index in [1.54, 1.807) is 12.2 Å². The Hall–Kier alpha value is -2.64. The maximum absolute atomic E-state index is 10.9. The molecule has 0 spiro atoms. The van der Waals surface area contributed by atoms with Gasteiger partial charge in [-0.05, 0) is 44.8 Å². The van der Waals surface area contributed by atoms with Gasteiger partial charge in [0.1, 0.15) is 5.75 Å². The molecule has 0 atom stereocenters. The lowest BCUT2D eigenvalue weighted by molar-refractivity contribution is -0.384. The Bertz CT molecular complexity index is 874. The summed E-state index contributed by atoms with van der Waals surface area (Å²) in [6, 6.07) is 11.6. The zero-order valence-electron chi connectivity index (χ0n) is 15.8. The Kier molecular flexibility index (Phi) is 4.84. The topological polar surface area (TPSA) is 81.8 Å². The lowest BCUT2D eigenvalue weighted by Gasteiger charge is -2.32. The highest BCUT2D eigenvalue weighted by molar-refractivity contribution is 6.62. The van der Waals surface area contributed by atoms with Crippen LogP contribution in [0.3, 0.4) is 0 Å². The van der Waals surface area contributed by atoms with E-state index >= 15 is 0 Å². The summed E-state index contributed by atoms with van der Waals surface area (Å²) in [7, 11) is -0.422. The SMILES string of the molecule is CC1(C)OB(c2ccc(C=Cc3cc([N+](=O)[O-])ccc3O)cc2)OC1(C)C. The summed E-state index contributed by atoms with van der Waals surface area (Å²) in [6.45, 7) is 8.04. The first kappa shape index (κ1) is 19.1. The van der Waals surface area contributed by atoms with Gasteiger partial charge in [-0.2, -0.15) is 0 Å². The molecule has 0 radical (unpaired) electrons. The van der Waals surface area contributed by atoms with Gasteiger partial charge < -0.3 is 14.4 Å². The third-order valence-corrected chi connectivity index (χ3v) is 5.14. The maximum Gasteiger partial charge on any atom is 0.494 e. The molecule has 6 nitrogen and oxygen atoms in total. The van der Waals surface area contributed by atoms with Gasteiger partial charge in [-0.1, -0.05) is 36.4 Å². The largest absolute Gasteiger partial charge is 0.507 e. The van der Waals surface area contributed by atoms with E-state index in [0.29, 0.717) is 5.56 Å². The Labute approximate surface area is 158 Å². The van der Waals surface area contributed by atoms with Crippen molar-refractivity contribution in [2.45, 2.75) is 38.9 Å². The van der Waals surface area contributed by atoms with E-state index in [0.717, 1.165) is 11.0 Å². The third-order valence-electron chi connectivity index (χ3n) is 5.14. The van der Waals surface area contributed by atoms with Gasteiger partial charge in [0, 0.05) is 17.7 Å². The minimum absolute atomic E-state index is 0.00862. The summed E-state index contributed by atoms with van der Waals surface area (Å²) < 4.78 is 12.1. The standard InChI is InChI=1S/C20H22BNO5/c1-19(2)20(3,4)27-21(26-19)16-9-6-14(7-10-16)5-8-15-13-17(22(24)25)11-12-18(15)23/h5-13,23H,1-4H3. The first-order valence-electron chi connectivity index (χ1n) is 8.70. The van der Waals surface area contributed by atoms with Gasteiger partial charge in [-0.15, -0.1) is 0 Å². The van der Waals surface area contributed by atoms with Crippen LogP contribution in [0, 0.1) is 10.1 Å². The second-order valence-corrected chi connectivity index (χ2v) is 7.59. The molecular formula is C20H22BNO5. The second kappa shape index (κ2) is 6.83. The fraction of sp³-hybridized carbons (Fsp3) is 0.300. The van der Waals surface area contributed by atoms with Gasteiger partial charge in [-0.25, -0.2) is 0 Å². The average Bonchev–Trinajstić information content (AvgIpc) is 2.82. The van der Waals surface area contributed by atoms with Crippen LogP contribution in [0.2, 0.25) is 0 Å². The van der Waals surface area contributed by atoms with Gasteiger partial charge in [0.15, 0.2) is 0 Å². The predicted molar refractivity (Wildman–Crippen MR) is 106 cm³/mol. The van der Waals surface area contributed by atoms with Crippen LogP contribution in [0.25, 0.3) is 12.2 Å². The molecule has 0 saturated carbocycles. The number of non-ortho nitro benzene ring substituents is 1. The number of hydrogen-bond acceptors (Lipinski definition) is 5. The number of nitrogens with zero attached hydrogens (tertiary/aromatic N) is 1. The molecule has 1 fully saturated rings. The Morgan fingerprint density at radius 3 is 2.15 bits per heavy atom. The molecule has 3 rings (SSSR count). The molecular weight excluding hydrogens is 345 g/mol. The van der Waals surface area contributed by atoms with E-state index in [-0.39, 0.29) is 11.4 Å². The number of nitro benzene ring substituents is 1. The summed E-state index contributed by atoms with van der Waals surface area (Å²) in [5.74, 6) is -0.00862. The summed E-state index contributed by atoms with van der Waals surface area (Å²) in [4.78, 5) is 10.4. The first-order valence-corrected chi connectivity index (χ1v) is 8.70. The summed E-state index contributed by atoms with van der Waals surface area (Å²) >= 11 is 0. The molecule has 1 N–H and O–H groups in total. The fourth-order valence-corrected chi connectivity index (χ4v) is 2.72. The highest BCUT2D eigenvalue weighted by Crippen LogP contribution is 2.36. The average molecular weight is 367 g/mol. The molecule has 1 heterocycles. The number of phenols is 1. The van der Waals surface area contributed by atoms with Gasteiger partial charge in [-0.3, -0.25) is 10.1 Å². The van der Waals surface area contributed by atoms with E-state index < -0.39 is 23.2 Å². The van der Waals surface area contributed by atoms with Crippen molar-refractivity contribution in [2.24, 2.45) is 0 Å². The molecule has 7 heteroatoms. The van der Waals surface area contributed by atoms with Crippen molar-refractivity contribution in [3.8, 4) is 5.75 Å². The van der Waals surface area contributed by atoms with E-state index in [2.05, 4.69) is 0 Å². The molecule has 0 aliphatic carbocycles. The fourth-order valence-electron chi connectivity index (χ4n) is 2.72. The van der Waals surface area contributed by atoms with Crippen LogP contribution in [0.1, 0.15) is 38.8 Å². The summed E-state index contributed by atoms with van der Waals surface area (Å²) in [6.07, 6.45) is 3.43. The zero-order valence-corrected chi connectivity index (χ0v) is 15.8. The molecule has 1 saturated heterocycles. The van der Waals surface area contributed by atoms with Crippen LogP contribution in [0.4, 0.5) is 5.69 Å². The molecule has 1 aliphatic rings. The maximum atomic E-state index is 10.9. The van der Waals surface area contributed by atoms with E-state index in [4.69, 9.17) is 9.31 Å². The lowest BCUT2D eigenvalue weighted by Crippen LogP contribution is -2.41. The van der Waals surface area contributed by atoms with Gasteiger partial charge >= 0.3 is 7.12 Å². The van der Waals surface area contributed by atoms with Crippen molar-refractivity contribution < 1.29 is 19.3 Å². The normalized spacial score (nSPS) is 18.1. The van der Waals surface area contributed by atoms with Crippen molar-refractivity contribution >= 4 is 30.4 Å². The number of phenolic OH excluding ortho intramolecular Hbond substituents is 1. The molecule has 0 bridgehead atoms. The number of benzene rings is 2. The molecule has 140 valence electrons. The van der Waals surface area contributed by atoms with E-state index in [1.807, 2.05) is 52.0 Å². The van der Waals surface area contributed by atoms with Gasteiger partial charge in [0.05, 0.1) is 16.1 Å². The van der Waals surface area contributed by atoms with E-state index in [1.165, 1.54) is 18.2 Å². The van der Waals surface area contributed by atoms with Crippen molar-refractivity contribution in [1.82, 2.24) is 0 Å². The smallest absolute Gasteiger partial charge is 0.494 e. The Balaban J connectivity index is 1.76. The van der Waals surface area contributed by atoms with Gasteiger partial charge in [0.25, 0.3) is 5.69 Å². The molecule has 27 heavy (non-hydrogen) atoms. The number of nitro groups is 1. The first-order chi connectivity index (χ1) is 12.6. The van der Waals surface area contributed by atoms with Crippen molar-refractivity contribution in [2.75, 3.05) is 0 Å². The predicted octanol–water partition coefficient (Wildman–Crippen LogP) is 3.77. The Morgan fingerprint density at radius 1 is 1.00 bits per heavy atom. The molecule has 0 unspecified atom stereocenters. The molecule has 0 amide bonds. The van der Waals surface area contributed by atoms with Crippen LogP contribution < -0.4 is 5.46 Å². The molecule has 0 aromatic heterocycles. The third kappa shape index (κ3) is 3.89. The van der Waals surface area contributed by atoms with E-state index in [9.17, 15) is 15.2 Å². The van der Waals surface area contributed by atoms with Crippen LogP contribution in [-0.4, -0.2) is 28.4 Å². The number of hydrogen-bond donors (Lipinski definition) is 1. The second-order valence-electron chi connectivity index (χ2n) is 7.59. The van der Waals surface area contributed by atoms with Crippen LogP contribution >= 0.6 is 0 Å². The molecule has 1 aliphatic heterocycles. The minimum Gasteiger partial charge on any atom is -0.507 e. The zero-order chi connectivity index (χ0) is 19.8. The quantitative estimate of drug-likeness (QED) is 0.385. The minimum atomic E-state index is -0.490. The number of rotatable bonds is 4. The highest BCUT2D eigenvalue weighted by Gasteiger charge is 2.51. The molecule has 2 aromatic carbocycles. The number of aromatic hydroxyl groups is 1. The van der Waals surface area contributed by atoms with Crippen LogP contribution in [0.5, 0.6) is 5.75 Å². The summed E-state index contributed by atoms with van der Waals surface area (Å²) in [5, 5.41) is 20.7. The molecule has 2 aromatic rings. The Morgan fingerprint density at radius 2 is 1.59 bits per heavy atom. The highest BCUT2D eigenvalue weighted by atomic mass is 16.7. The van der Waals surface area contributed by atoms with Crippen molar-refractivity contribution in [1.29, 1.82) is 0 Å². The van der Waals surface area contributed by atoms with Crippen molar-refractivity contribution in [3.63, 3.8) is 0 Å².